The molecular weight excluding hydrogens is 328 g/mol. The van der Waals surface area contributed by atoms with Crippen LogP contribution in [0.5, 0.6) is 5.75 Å². The van der Waals surface area contributed by atoms with Crippen LogP contribution in [0.2, 0.25) is 0 Å². The number of hydrogen-bond acceptors (Lipinski definition) is 4. The summed E-state index contributed by atoms with van der Waals surface area (Å²) in [5.41, 5.74) is 3.20. The molecule has 0 saturated carbocycles. The van der Waals surface area contributed by atoms with Gasteiger partial charge in [-0.2, -0.15) is 0 Å². The van der Waals surface area contributed by atoms with Gasteiger partial charge in [-0.05, 0) is 55.5 Å². The number of benzene rings is 2. The van der Waals surface area contributed by atoms with Crippen molar-refractivity contribution in [3.05, 3.63) is 78.1 Å². The molecule has 0 radical (unpaired) electrons. The Bertz CT molecular complexity index is 911. The van der Waals surface area contributed by atoms with E-state index in [2.05, 4.69) is 4.99 Å². The zero-order chi connectivity index (χ0) is 18.4. The summed E-state index contributed by atoms with van der Waals surface area (Å²) in [6, 6.07) is 16.9. The van der Waals surface area contributed by atoms with Crippen molar-refractivity contribution < 1.29 is 14.3 Å². The van der Waals surface area contributed by atoms with Gasteiger partial charge in [0, 0.05) is 29.9 Å². The van der Waals surface area contributed by atoms with Crippen LogP contribution in [-0.2, 0) is 4.74 Å². The third-order valence-electron chi connectivity index (χ3n) is 3.81. The highest BCUT2D eigenvalue weighted by Gasteiger charge is 2.06. The van der Waals surface area contributed by atoms with Crippen LogP contribution in [-0.4, -0.2) is 30.5 Å². The first-order chi connectivity index (χ1) is 12.7. The van der Waals surface area contributed by atoms with Crippen molar-refractivity contribution in [2.75, 3.05) is 13.7 Å². The van der Waals surface area contributed by atoms with Crippen LogP contribution in [0.25, 0.3) is 5.69 Å². The van der Waals surface area contributed by atoms with Gasteiger partial charge < -0.3 is 14.0 Å². The molecule has 132 valence electrons. The molecule has 2 aromatic carbocycles. The largest absolute Gasteiger partial charge is 0.497 e. The molecule has 1 aromatic heterocycles. The molecule has 5 heteroatoms. The van der Waals surface area contributed by atoms with Crippen LogP contribution in [0.4, 0.5) is 5.69 Å². The van der Waals surface area contributed by atoms with Gasteiger partial charge in [0.1, 0.15) is 5.75 Å². The average molecular weight is 348 g/mol. The number of rotatable bonds is 6. The highest BCUT2D eigenvalue weighted by Crippen LogP contribution is 2.17. The van der Waals surface area contributed by atoms with Gasteiger partial charge in [-0.3, -0.25) is 4.99 Å². The molecule has 5 nitrogen and oxygen atoms in total. The van der Waals surface area contributed by atoms with Gasteiger partial charge in [0.25, 0.3) is 0 Å². The second-order valence-corrected chi connectivity index (χ2v) is 5.58. The fraction of sp³-hybridized carbons (Fsp3) is 0.143. The van der Waals surface area contributed by atoms with E-state index in [0.717, 1.165) is 17.0 Å². The summed E-state index contributed by atoms with van der Waals surface area (Å²) in [5.74, 6) is 0.486. The number of carbonyl (C=O) groups is 1. The number of aliphatic imine (C=N–C) groups is 1. The zero-order valence-corrected chi connectivity index (χ0v) is 14.8. The Morgan fingerprint density at radius 2 is 1.96 bits per heavy atom. The SMILES string of the molecule is CCOC(=O)c1cccc(N=Cc2ccn(-c3ccc(OC)cc3)c2)c1. The molecule has 0 amide bonds. The minimum atomic E-state index is -0.338. The maximum absolute atomic E-state index is 11.8. The molecule has 3 aromatic rings. The highest BCUT2D eigenvalue weighted by atomic mass is 16.5. The Morgan fingerprint density at radius 3 is 2.69 bits per heavy atom. The second-order valence-electron chi connectivity index (χ2n) is 5.58. The van der Waals surface area contributed by atoms with E-state index in [9.17, 15) is 4.79 Å². The Hall–Kier alpha value is -3.34. The maximum Gasteiger partial charge on any atom is 0.338 e. The molecule has 0 N–H and O–H groups in total. The number of aromatic nitrogens is 1. The number of esters is 1. The van der Waals surface area contributed by atoms with Gasteiger partial charge in [0.15, 0.2) is 0 Å². The summed E-state index contributed by atoms with van der Waals surface area (Å²) in [6.45, 7) is 2.14. The van der Waals surface area contributed by atoms with E-state index < -0.39 is 0 Å². The van der Waals surface area contributed by atoms with E-state index >= 15 is 0 Å². The summed E-state index contributed by atoms with van der Waals surface area (Å²) in [6.07, 6.45) is 5.73. The summed E-state index contributed by atoms with van der Waals surface area (Å²) in [4.78, 5) is 16.2. The lowest BCUT2D eigenvalue weighted by molar-refractivity contribution is 0.0526. The van der Waals surface area contributed by atoms with Gasteiger partial charge in [-0.15, -0.1) is 0 Å². The Kier molecular flexibility index (Phi) is 5.49. The molecule has 0 spiro atoms. The topological polar surface area (TPSA) is 52.8 Å². The second kappa shape index (κ2) is 8.16. The molecule has 26 heavy (non-hydrogen) atoms. The molecule has 0 fully saturated rings. The van der Waals surface area contributed by atoms with Gasteiger partial charge in [-0.1, -0.05) is 6.07 Å². The lowest BCUT2D eigenvalue weighted by Crippen LogP contribution is -2.03. The van der Waals surface area contributed by atoms with Gasteiger partial charge >= 0.3 is 5.97 Å². The zero-order valence-electron chi connectivity index (χ0n) is 14.8. The van der Waals surface area contributed by atoms with Gasteiger partial charge in [-0.25, -0.2) is 4.79 Å². The minimum absolute atomic E-state index is 0.338. The standard InChI is InChI=1S/C21H20N2O3/c1-3-26-21(24)17-5-4-6-18(13-17)22-14-16-11-12-23(15-16)19-7-9-20(25-2)10-8-19/h4-15H,3H2,1-2H3. The number of hydrogen-bond donors (Lipinski definition) is 0. The first-order valence-electron chi connectivity index (χ1n) is 8.33. The molecule has 0 atom stereocenters. The first kappa shape index (κ1) is 17.5. The molecule has 3 rings (SSSR count). The van der Waals surface area contributed by atoms with Gasteiger partial charge in [0.2, 0.25) is 0 Å². The summed E-state index contributed by atoms with van der Waals surface area (Å²) < 4.78 is 12.2. The number of nitrogens with zero attached hydrogens (tertiary/aromatic N) is 2. The molecule has 1 heterocycles. The fourth-order valence-electron chi connectivity index (χ4n) is 2.48. The van der Waals surface area contributed by atoms with Crippen molar-refractivity contribution in [3.8, 4) is 11.4 Å². The van der Waals surface area contributed by atoms with E-state index in [-0.39, 0.29) is 5.97 Å². The van der Waals surface area contributed by atoms with E-state index in [4.69, 9.17) is 9.47 Å². The summed E-state index contributed by atoms with van der Waals surface area (Å²) in [7, 11) is 1.65. The molecule has 0 aliphatic carbocycles. The monoisotopic (exact) mass is 348 g/mol. The first-order valence-corrected chi connectivity index (χ1v) is 8.33. The number of carbonyl (C=O) groups excluding carboxylic acids is 1. The molecule has 0 aliphatic rings. The van der Waals surface area contributed by atoms with Crippen LogP contribution >= 0.6 is 0 Å². The minimum Gasteiger partial charge on any atom is -0.497 e. The number of ether oxygens (including phenoxy) is 2. The van der Waals surface area contributed by atoms with Crippen molar-refractivity contribution in [3.63, 3.8) is 0 Å². The molecule has 0 aliphatic heterocycles. The van der Waals surface area contributed by atoms with Crippen molar-refractivity contribution >= 4 is 17.9 Å². The third-order valence-corrected chi connectivity index (χ3v) is 3.81. The van der Waals surface area contributed by atoms with Crippen molar-refractivity contribution in [2.45, 2.75) is 6.92 Å². The lowest BCUT2D eigenvalue weighted by atomic mass is 10.2. The fourth-order valence-corrected chi connectivity index (χ4v) is 2.48. The predicted octanol–water partition coefficient (Wildman–Crippen LogP) is 4.41. The molecule has 0 bridgehead atoms. The van der Waals surface area contributed by atoms with Crippen LogP contribution in [0.3, 0.4) is 0 Å². The Labute approximate surface area is 152 Å². The highest BCUT2D eigenvalue weighted by molar-refractivity contribution is 5.91. The average Bonchev–Trinajstić information content (AvgIpc) is 3.16. The Morgan fingerprint density at radius 1 is 1.15 bits per heavy atom. The molecule has 0 unspecified atom stereocenters. The van der Waals surface area contributed by atoms with Crippen molar-refractivity contribution in [1.82, 2.24) is 4.57 Å². The van der Waals surface area contributed by atoms with E-state index in [1.165, 1.54) is 0 Å². The molecule has 0 saturated heterocycles. The maximum atomic E-state index is 11.8. The third kappa shape index (κ3) is 4.19. The van der Waals surface area contributed by atoms with Gasteiger partial charge in [0.05, 0.1) is 25.0 Å². The summed E-state index contributed by atoms with van der Waals surface area (Å²) in [5, 5.41) is 0. The van der Waals surface area contributed by atoms with Crippen LogP contribution in [0.15, 0.2) is 72.0 Å². The van der Waals surface area contributed by atoms with Crippen LogP contribution in [0.1, 0.15) is 22.8 Å². The van der Waals surface area contributed by atoms with Crippen molar-refractivity contribution in [1.29, 1.82) is 0 Å². The van der Waals surface area contributed by atoms with Crippen molar-refractivity contribution in [2.24, 2.45) is 4.99 Å². The van der Waals surface area contributed by atoms with E-state index in [1.54, 1.807) is 38.4 Å². The smallest absolute Gasteiger partial charge is 0.338 e. The number of methoxy groups -OCH3 is 1. The van der Waals surface area contributed by atoms with E-state index in [1.807, 2.05) is 53.4 Å². The van der Waals surface area contributed by atoms with Crippen LogP contribution < -0.4 is 4.74 Å². The summed E-state index contributed by atoms with van der Waals surface area (Å²) >= 11 is 0. The van der Waals surface area contributed by atoms with Crippen LogP contribution in [0, 0.1) is 0 Å². The predicted molar refractivity (Wildman–Crippen MR) is 102 cm³/mol. The lowest BCUT2D eigenvalue weighted by Gasteiger charge is -2.04. The Balaban J connectivity index is 1.74. The quantitative estimate of drug-likeness (QED) is 0.490. The molecular formula is C21H20N2O3. The normalized spacial score (nSPS) is 10.8. The van der Waals surface area contributed by atoms with E-state index in [0.29, 0.717) is 17.9 Å².